The third kappa shape index (κ3) is 0.968. The fourth-order valence-electron chi connectivity index (χ4n) is 1.88. The second-order valence-corrected chi connectivity index (χ2v) is 6.69. The summed E-state index contributed by atoms with van der Waals surface area (Å²) in [6.45, 7) is 7.51. The summed E-state index contributed by atoms with van der Waals surface area (Å²) in [6, 6.07) is 0. The van der Waals surface area contributed by atoms with Gasteiger partial charge in [0.2, 0.25) is 0 Å². The van der Waals surface area contributed by atoms with Gasteiger partial charge >= 0.3 is 0 Å². The SMILES string of the molecule is C=C1C(=C)C2(Cl)C(Cl)=C(Cl)C1(Cl)C2(Cl)Cl. The molecule has 2 unspecified atom stereocenters. The van der Waals surface area contributed by atoms with Gasteiger partial charge in [-0.05, 0) is 11.1 Å². The van der Waals surface area contributed by atoms with Crippen molar-refractivity contribution in [2.24, 2.45) is 0 Å². The van der Waals surface area contributed by atoms with Crippen LogP contribution in [0.25, 0.3) is 0 Å². The highest BCUT2D eigenvalue weighted by Crippen LogP contribution is 2.75. The molecule has 0 aromatic carbocycles. The molecule has 0 nitrogen and oxygen atoms in total. The predicted octanol–water partition coefficient (Wildman–Crippen LogP) is 4.94. The number of hydrogen-bond acceptors (Lipinski definition) is 0. The predicted molar refractivity (Wildman–Crippen MR) is 68.6 cm³/mol. The van der Waals surface area contributed by atoms with Crippen LogP contribution in [0, 0.1) is 0 Å². The van der Waals surface area contributed by atoms with Crippen LogP contribution in [0.2, 0.25) is 0 Å². The van der Waals surface area contributed by atoms with Gasteiger partial charge in [0, 0.05) is 0 Å². The molecular formula is C9H4Cl6. The van der Waals surface area contributed by atoms with E-state index in [0.29, 0.717) is 11.1 Å². The molecule has 1 saturated carbocycles. The Kier molecular flexibility index (Phi) is 2.52. The minimum Gasteiger partial charge on any atom is -0.104 e. The van der Waals surface area contributed by atoms with Crippen LogP contribution in [-0.4, -0.2) is 14.1 Å². The maximum Gasteiger partial charge on any atom is 0.174 e. The highest BCUT2D eigenvalue weighted by molar-refractivity contribution is 6.67. The van der Waals surface area contributed by atoms with Crippen LogP contribution in [-0.2, 0) is 0 Å². The second kappa shape index (κ2) is 3.04. The molecule has 0 radical (unpaired) electrons. The molecule has 0 N–H and O–H groups in total. The largest absolute Gasteiger partial charge is 0.174 e. The van der Waals surface area contributed by atoms with Crippen LogP contribution < -0.4 is 0 Å². The van der Waals surface area contributed by atoms with Crippen molar-refractivity contribution in [1.29, 1.82) is 0 Å². The number of halogens is 6. The lowest BCUT2D eigenvalue weighted by molar-refractivity contribution is 0.723. The van der Waals surface area contributed by atoms with Gasteiger partial charge < -0.3 is 0 Å². The molecule has 2 aliphatic carbocycles. The van der Waals surface area contributed by atoms with E-state index in [1.165, 1.54) is 0 Å². The van der Waals surface area contributed by atoms with Crippen LogP contribution in [0.1, 0.15) is 0 Å². The molecule has 1 fully saturated rings. The van der Waals surface area contributed by atoms with E-state index >= 15 is 0 Å². The zero-order chi connectivity index (χ0) is 11.8. The van der Waals surface area contributed by atoms with E-state index < -0.39 is 14.1 Å². The number of hydrogen-bond donors (Lipinski definition) is 0. The van der Waals surface area contributed by atoms with E-state index in [1.807, 2.05) is 0 Å². The van der Waals surface area contributed by atoms with Gasteiger partial charge in [0.05, 0.1) is 10.1 Å². The summed E-state index contributed by atoms with van der Waals surface area (Å²) < 4.78 is -1.58. The van der Waals surface area contributed by atoms with Gasteiger partial charge in [0.15, 0.2) is 4.33 Å². The standard InChI is InChI=1S/C9H4Cl6/c1-3-4(2)8(13)6(11)5(10)7(3,12)9(8,14)15/h1-2H2. The summed E-state index contributed by atoms with van der Waals surface area (Å²) in [4.78, 5) is -2.76. The molecule has 0 saturated heterocycles. The molecule has 2 aliphatic rings. The normalized spacial score (nSPS) is 43.1. The summed E-state index contributed by atoms with van der Waals surface area (Å²) >= 11 is 36.9. The van der Waals surface area contributed by atoms with Crippen LogP contribution in [0.3, 0.4) is 0 Å². The second-order valence-electron chi connectivity index (χ2n) is 3.48. The molecule has 82 valence electrons. The number of allylic oxidation sites excluding steroid dienone is 4. The first kappa shape index (κ1) is 12.4. The van der Waals surface area contributed by atoms with Gasteiger partial charge in [-0.1, -0.05) is 59.6 Å². The lowest BCUT2D eigenvalue weighted by atomic mass is 9.96. The highest BCUT2D eigenvalue weighted by Gasteiger charge is 2.78. The summed E-state index contributed by atoms with van der Waals surface area (Å²) in [5.74, 6) is 0. The molecule has 6 heteroatoms. The number of fused-ring (bicyclic) bond motifs is 2. The topological polar surface area (TPSA) is 0 Å². The molecular weight excluding hydrogens is 321 g/mol. The quantitative estimate of drug-likeness (QED) is 0.553. The van der Waals surface area contributed by atoms with Gasteiger partial charge in [-0.3, -0.25) is 0 Å². The van der Waals surface area contributed by atoms with Gasteiger partial charge in [0.25, 0.3) is 0 Å². The monoisotopic (exact) mass is 322 g/mol. The molecule has 0 spiro atoms. The fraction of sp³-hybridized carbons (Fsp3) is 0.333. The van der Waals surface area contributed by atoms with E-state index in [2.05, 4.69) is 13.2 Å². The Morgan fingerprint density at radius 1 is 0.733 bits per heavy atom. The van der Waals surface area contributed by atoms with Crippen LogP contribution >= 0.6 is 69.6 Å². The first-order chi connectivity index (χ1) is 6.63. The van der Waals surface area contributed by atoms with Gasteiger partial charge in [-0.15, -0.1) is 23.2 Å². The molecule has 0 aromatic heterocycles. The third-order valence-corrected chi connectivity index (χ3v) is 7.02. The van der Waals surface area contributed by atoms with Gasteiger partial charge in [0.1, 0.15) is 9.75 Å². The zero-order valence-electron chi connectivity index (χ0n) is 7.18. The average Bonchev–Trinajstić information content (AvgIpc) is 2.34. The molecule has 0 aromatic rings. The minimum absolute atomic E-state index is 0.114. The number of rotatable bonds is 0. The molecule has 0 amide bonds. The Labute approximate surface area is 117 Å². The van der Waals surface area contributed by atoms with E-state index in [-0.39, 0.29) is 10.1 Å². The molecule has 2 bridgehead atoms. The van der Waals surface area contributed by atoms with Crippen LogP contribution in [0.4, 0.5) is 0 Å². The molecule has 2 rings (SSSR count). The van der Waals surface area contributed by atoms with Crippen molar-refractivity contribution in [2.75, 3.05) is 0 Å². The Morgan fingerprint density at radius 2 is 1.00 bits per heavy atom. The minimum atomic E-state index is -1.58. The lowest BCUT2D eigenvalue weighted by Crippen LogP contribution is -2.42. The molecule has 0 aliphatic heterocycles. The maximum atomic E-state index is 6.29. The van der Waals surface area contributed by atoms with Crippen LogP contribution in [0.15, 0.2) is 34.4 Å². The number of alkyl halides is 4. The van der Waals surface area contributed by atoms with Gasteiger partial charge in [-0.2, -0.15) is 0 Å². The summed E-state index contributed by atoms with van der Waals surface area (Å²) in [7, 11) is 0. The Hall–Kier alpha value is 0.960. The summed E-state index contributed by atoms with van der Waals surface area (Å²) in [5.41, 5.74) is 0.803. The molecule has 2 atom stereocenters. The van der Waals surface area contributed by atoms with E-state index in [1.54, 1.807) is 0 Å². The molecule has 15 heavy (non-hydrogen) atoms. The maximum absolute atomic E-state index is 6.29. The van der Waals surface area contributed by atoms with E-state index in [0.717, 1.165) is 0 Å². The lowest BCUT2D eigenvalue weighted by Gasteiger charge is -2.30. The van der Waals surface area contributed by atoms with Crippen molar-refractivity contribution in [3.63, 3.8) is 0 Å². The van der Waals surface area contributed by atoms with Crippen molar-refractivity contribution in [2.45, 2.75) is 14.1 Å². The van der Waals surface area contributed by atoms with Crippen molar-refractivity contribution in [3.8, 4) is 0 Å². The smallest absolute Gasteiger partial charge is 0.104 e. The molecule has 0 heterocycles. The van der Waals surface area contributed by atoms with Crippen molar-refractivity contribution in [3.05, 3.63) is 34.4 Å². The summed E-state index contributed by atoms with van der Waals surface area (Å²) in [5, 5.41) is 0.228. The Bertz CT molecular complexity index is 396. The zero-order valence-corrected chi connectivity index (χ0v) is 11.7. The average molecular weight is 325 g/mol. The fourth-order valence-corrected chi connectivity index (χ4v) is 4.54. The van der Waals surface area contributed by atoms with Crippen molar-refractivity contribution < 1.29 is 0 Å². The Balaban J connectivity index is 2.88. The highest BCUT2D eigenvalue weighted by atomic mass is 35.5. The van der Waals surface area contributed by atoms with Crippen LogP contribution in [0.5, 0.6) is 0 Å². The Morgan fingerprint density at radius 3 is 1.20 bits per heavy atom. The van der Waals surface area contributed by atoms with Crippen molar-refractivity contribution >= 4 is 69.6 Å². The first-order valence-corrected chi connectivity index (χ1v) is 6.11. The van der Waals surface area contributed by atoms with Crippen molar-refractivity contribution in [1.82, 2.24) is 0 Å². The van der Waals surface area contributed by atoms with E-state index in [4.69, 9.17) is 69.6 Å². The summed E-state index contributed by atoms with van der Waals surface area (Å²) in [6.07, 6.45) is 0. The van der Waals surface area contributed by atoms with Gasteiger partial charge in [-0.25, -0.2) is 0 Å². The van der Waals surface area contributed by atoms with E-state index in [9.17, 15) is 0 Å². The third-order valence-electron chi connectivity index (χ3n) is 2.86. The first-order valence-electron chi connectivity index (χ1n) is 3.84.